The zero-order chi connectivity index (χ0) is 15.4. The standard InChI is InChI=1S/C16H17FN2O2/c1-10-4-5-12(16(20)21-3)8-15(10)19-11(2)14-7-6-13(17)9-18-14/h4-9,11,19H,1-3H3. The number of anilines is 1. The molecule has 1 N–H and O–H groups in total. The molecule has 0 saturated heterocycles. The molecule has 0 fully saturated rings. The fourth-order valence-electron chi connectivity index (χ4n) is 1.97. The summed E-state index contributed by atoms with van der Waals surface area (Å²) >= 11 is 0. The zero-order valence-corrected chi connectivity index (χ0v) is 12.2. The van der Waals surface area contributed by atoms with Gasteiger partial charge in [-0.15, -0.1) is 0 Å². The summed E-state index contributed by atoms with van der Waals surface area (Å²) in [5, 5.41) is 3.27. The molecule has 0 radical (unpaired) electrons. The summed E-state index contributed by atoms with van der Waals surface area (Å²) in [6, 6.07) is 8.19. The second kappa shape index (κ2) is 6.35. The van der Waals surface area contributed by atoms with Crippen LogP contribution in [0.4, 0.5) is 10.1 Å². The molecule has 1 unspecified atom stereocenters. The quantitative estimate of drug-likeness (QED) is 0.875. The zero-order valence-electron chi connectivity index (χ0n) is 12.2. The number of methoxy groups -OCH3 is 1. The first-order chi connectivity index (χ1) is 10.0. The summed E-state index contributed by atoms with van der Waals surface area (Å²) in [6.07, 6.45) is 1.19. The Morgan fingerprint density at radius 3 is 2.71 bits per heavy atom. The van der Waals surface area contributed by atoms with Crippen molar-refractivity contribution in [1.82, 2.24) is 4.98 Å². The molecular weight excluding hydrogens is 271 g/mol. The van der Waals surface area contributed by atoms with Crippen LogP contribution in [-0.2, 0) is 4.74 Å². The molecule has 1 heterocycles. The van der Waals surface area contributed by atoms with Crippen LogP contribution in [0.3, 0.4) is 0 Å². The summed E-state index contributed by atoms with van der Waals surface area (Å²) in [5.74, 6) is -0.750. The van der Waals surface area contributed by atoms with Gasteiger partial charge in [-0.3, -0.25) is 4.98 Å². The van der Waals surface area contributed by atoms with Crippen molar-refractivity contribution >= 4 is 11.7 Å². The molecule has 1 aromatic carbocycles. The Bertz CT molecular complexity index is 641. The third-order valence-electron chi connectivity index (χ3n) is 3.22. The van der Waals surface area contributed by atoms with E-state index in [1.807, 2.05) is 19.9 Å². The number of aryl methyl sites for hydroxylation is 1. The van der Waals surface area contributed by atoms with Crippen molar-refractivity contribution in [2.45, 2.75) is 19.9 Å². The molecule has 0 saturated carbocycles. The van der Waals surface area contributed by atoms with Gasteiger partial charge in [0, 0.05) is 5.69 Å². The van der Waals surface area contributed by atoms with Crippen LogP contribution in [0.25, 0.3) is 0 Å². The first-order valence-corrected chi connectivity index (χ1v) is 6.58. The summed E-state index contributed by atoms with van der Waals surface area (Å²) in [7, 11) is 1.35. The lowest BCUT2D eigenvalue weighted by molar-refractivity contribution is 0.0601. The number of halogens is 1. The van der Waals surface area contributed by atoms with Crippen LogP contribution in [0, 0.1) is 12.7 Å². The summed E-state index contributed by atoms with van der Waals surface area (Å²) < 4.78 is 17.6. The van der Waals surface area contributed by atoms with E-state index in [1.54, 1.807) is 18.2 Å². The van der Waals surface area contributed by atoms with E-state index in [2.05, 4.69) is 10.3 Å². The lowest BCUT2D eigenvalue weighted by Crippen LogP contribution is -2.10. The van der Waals surface area contributed by atoms with E-state index in [4.69, 9.17) is 4.74 Å². The van der Waals surface area contributed by atoms with Crippen molar-refractivity contribution in [2.75, 3.05) is 12.4 Å². The van der Waals surface area contributed by atoms with Crippen molar-refractivity contribution in [2.24, 2.45) is 0 Å². The van der Waals surface area contributed by atoms with Gasteiger partial charge in [0.05, 0.1) is 30.6 Å². The Labute approximate surface area is 123 Å². The van der Waals surface area contributed by atoms with Crippen molar-refractivity contribution in [3.63, 3.8) is 0 Å². The number of rotatable bonds is 4. The SMILES string of the molecule is COC(=O)c1ccc(C)c(NC(C)c2ccc(F)cn2)c1. The van der Waals surface area contributed by atoms with Gasteiger partial charge < -0.3 is 10.1 Å². The number of nitrogens with zero attached hydrogens (tertiary/aromatic N) is 1. The molecule has 0 aliphatic heterocycles. The van der Waals surface area contributed by atoms with Gasteiger partial charge in [0.15, 0.2) is 0 Å². The second-order valence-electron chi connectivity index (χ2n) is 4.79. The predicted octanol–water partition coefficient (Wildman–Crippen LogP) is 3.49. The molecular formula is C16H17FN2O2. The fourth-order valence-corrected chi connectivity index (χ4v) is 1.97. The fraction of sp³-hybridized carbons (Fsp3) is 0.250. The lowest BCUT2D eigenvalue weighted by atomic mass is 10.1. The van der Waals surface area contributed by atoms with Crippen LogP contribution in [0.5, 0.6) is 0 Å². The van der Waals surface area contributed by atoms with Crippen LogP contribution in [0.1, 0.15) is 34.6 Å². The smallest absolute Gasteiger partial charge is 0.337 e. The number of hydrogen-bond donors (Lipinski definition) is 1. The minimum Gasteiger partial charge on any atom is -0.465 e. The number of hydrogen-bond acceptors (Lipinski definition) is 4. The molecule has 1 atom stereocenters. The molecule has 0 aliphatic carbocycles. The Morgan fingerprint density at radius 2 is 2.10 bits per heavy atom. The molecule has 110 valence electrons. The lowest BCUT2D eigenvalue weighted by Gasteiger charge is -2.17. The van der Waals surface area contributed by atoms with Crippen LogP contribution in [-0.4, -0.2) is 18.1 Å². The minimum atomic E-state index is -0.384. The van der Waals surface area contributed by atoms with E-state index >= 15 is 0 Å². The Kier molecular flexibility index (Phi) is 4.52. The van der Waals surface area contributed by atoms with Crippen LogP contribution in [0.15, 0.2) is 36.5 Å². The van der Waals surface area contributed by atoms with Crippen LogP contribution < -0.4 is 5.32 Å². The van der Waals surface area contributed by atoms with Gasteiger partial charge >= 0.3 is 5.97 Å². The van der Waals surface area contributed by atoms with Crippen molar-refractivity contribution < 1.29 is 13.9 Å². The molecule has 4 nitrogen and oxygen atoms in total. The van der Waals surface area contributed by atoms with E-state index in [0.717, 1.165) is 16.9 Å². The van der Waals surface area contributed by atoms with Crippen molar-refractivity contribution in [3.05, 3.63) is 59.2 Å². The summed E-state index contributed by atoms with van der Waals surface area (Å²) in [4.78, 5) is 15.6. The third-order valence-corrected chi connectivity index (χ3v) is 3.22. The van der Waals surface area contributed by atoms with Gasteiger partial charge in [0.1, 0.15) is 5.82 Å². The molecule has 2 rings (SSSR count). The molecule has 0 aliphatic rings. The van der Waals surface area contributed by atoms with Gasteiger partial charge in [-0.05, 0) is 43.7 Å². The highest BCUT2D eigenvalue weighted by molar-refractivity contribution is 5.90. The molecule has 1 aromatic heterocycles. The molecule has 5 heteroatoms. The van der Waals surface area contributed by atoms with Gasteiger partial charge in [-0.2, -0.15) is 0 Å². The second-order valence-corrected chi connectivity index (χ2v) is 4.79. The third kappa shape index (κ3) is 3.56. The molecule has 0 amide bonds. The maximum atomic E-state index is 12.9. The van der Waals surface area contributed by atoms with Crippen LogP contribution in [0.2, 0.25) is 0 Å². The highest BCUT2D eigenvalue weighted by atomic mass is 19.1. The number of esters is 1. The van der Waals surface area contributed by atoms with Crippen LogP contribution >= 0.6 is 0 Å². The van der Waals surface area contributed by atoms with E-state index in [1.165, 1.54) is 19.4 Å². The highest BCUT2D eigenvalue weighted by Gasteiger charge is 2.11. The topological polar surface area (TPSA) is 51.2 Å². The molecule has 0 spiro atoms. The number of benzene rings is 1. The number of carbonyl (C=O) groups is 1. The molecule has 0 bridgehead atoms. The average Bonchev–Trinajstić information content (AvgIpc) is 2.49. The normalized spacial score (nSPS) is 11.8. The predicted molar refractivity (Wildman–Crippen MR) is 78.8 cm³/mol. The monoisotopic (exact) mass is 288 g/mol. The maximum absolute atomic E-state index is 12.9. The van der Waals surface area contributed by atoms with Gasteiger partial charge in [0.2, 0.25) is 0 Å². The molecule has 21 heavy (non-hydrogen) atoms. The number of ether oxygens (including phenoxy) is 1. The van der Waals surface area contributed by atoms with Crippen molar-refractivity contribution in [3.8, 4) is 0 Å². The van der Waals surface area contributed by atoms with E-state index < -0.39 is 0 Å². The largest absolute Gasteiger partial charge is 0.465 e. The highest BCUT2D eigenvalue weighted by Crippen LogP contribution is 2.23. The Hall–Kier alpha value is -2.43. The van der Waals surface area contributed by atoms with E-state index in [9.17, 15) is 9.18 Å². The van der Waals surface area contributed by atoms with Gasteiger partial charge in [-0.25, -0.2) is 9.18 Å². The van der Waals surface area contributed by atoms with E-state index in [0.29, 0.717) is 5.56 Å². The summed E-state index contributed by atoms with van der Waals surface area (Å²) in [5.41, 5.74) is 3.01. The summed E-state index contributed by atoms with van der Waals surface area (Å²) in [6.45, 7) is 3.86. The van der Waals surface area contributed by atoms with Gasteiger partial charge in [-0.1, -0.05) is 6.07 Å². The Balaban J connectivity index is 2.22. The number of carbonyl (C=O) groups excluding carboxylic acids is 1. The maximum Gasteiger partial charge on any atom is 0.337 e. The first-order valence-electron chi connectivity index (χ1n) is 6.58. The van der Waals surface area contributed by atoms with Crippen molar-refractivity contribution in [1.29, 1.82) is 0 Å². The van der Waals surface area contributed by atoms with Gasteiger partial charge in [0.25, 0.3) is 0 Å². The first kappa shape index (κ1) is 15.0. The van der Waals surface area contributed by atoms with E-state index in [-0.39, 0.29) is 17.8 Å². The number of nitrogens with one attached hydrogen (secondary N) is 1. The molecule has 2 aromatic rings. The average molecular weight is 288 g/mol. The minimum absolute atomic E-state index is 0.114. The number of pyridine rings is 1. The number of aromatic nitrogens is 1. The Morgan fingerprint density at radius 1 is 1.33 bits per heavy atom.